The summed E-state index contributed by atoms with van der Waals surface area (Å²) in [6.45, 7) is 0. The molecule has 0 fully saturated rings. The number of aromatic carboxylic acids is 1. The molecule has 2 rings (SSSR count). The smallest absolute Gasteiger partial charge is 0.339 e. The second-order valence-electron chi connectivity index (χ2n) is 3.70. The molecule has 1 aromatic rings. The molecule has 1 N–H and O–H groups in total. The minimum Gasteiger partial charge on any atom is -0.478 e. The summed E-state index contributed by atoms with van der Waals surface area (Å²) >= 11 is 0. The van der Waals surface area contributed by atoms with Crippen LogP contribution in [0.25, 0.3) is 0 Å². The molecular formula is C11H10F2O2. The fraction of sp³-hybridized carbons (Fsp3) is 0.364. The summed E-state index contributed by atoms with van der Waals surface area (Å²) in [6, 6.07) is 1.12. The van der Waals surface area contributed by atoms with E-state index in [1.165, 1.54) is 0 Å². The first-order chi connectivity index (χ1) is 7.11. The third-order valence-corrected chi connectivity index (χ3v) is 2.76. The first-order valence-electron chi connectivity index (χ1n) is 4.84. The number of rotatable bonds is 1. The Kier molecular flexibility index (Phi) is 2.42. The van der Waals surface area contributed by atoms with Crippen molar-refractivity contribution in [1.29, 1.82) is 0 Å². The van der Waals surface area contributed by atoms with Crippen molar-refractivity contribution >= 4 is 5.97 Å². The van der Waals surface area contributed by atoms with Crippen LogP contribution in [0.15, 0.2) is 6.07 Å². The van der Waals surface area contributed by atoms with E-state index >= 15 is 0 Å². The van der Waals surface area contributed by atoms with E-state index < -0.39 is 23.2 Å². The van der Waals surface area contributed by atoms with Crippen LogP contribution in [0, 0.1) is 11.6 Å². The second kappa shape index (κ2) is 3.61. The summed E-state index contributed by atoms with van der Waals surface area (Å²) in [4.78, 5) is 10.8. The van der Waals surface area contributed by atoms with Crippen LogP contribution in [-0.4, -0.2) is 11.1 Å². The molecule has 2 nitrogen and oxygen atoms in total. The summed E-state index contributed by atoms with van der Waals surface area (Å²) in [5, 5.41) is 8.84. The Balaban J connectivity index is 2.68. The van der Waals surface area contributed by atoms with Gasteiger partial charge < -0.3 is 5.11 Å². The van der Waals surface area contributed by atoms with E-state index in [-0.39, 0.29) is 0 Å². The number of halogens is 2. The summed E-state index contributed by atoms with van der Waals surface area (Å²) in [6.07, 6.45) is 2.89. The van der Waals surface area contributed by atoms with Crippen molar-refractivity contribution in [1.82, 2.24) is 0 Å². The van der Waals surface area contributed by atoms with Crippen LogP contribution >= 0.6 is 0 Å². The van der Waals surface area contributed by atoms with Gasteiger partial charge in [0.2, 0.25) is 0 Å². The number of carbonyl (C=O) groups is 1. The van der Waals surface area contributed by atoms with Gasteiger partial charge in [0, 0.05) is 0 Å². The largest absolute Gasteiger partial charge is 0.478 e. The van der Waals surface area contributed by atoms with E-state index in [0.717, 1.165) is 18.9 Å². The Morgan fingerprint density at radius 2 is 1.93 bits per heavy atom. The van der Waals surface area contributed by atoms with Gasteiger partial charge in [-0.1, -0.05) is 0 Å². The molecule has 0 aliphatic heterocycles. The zero-order valence-corrected chi connectivity index (χ0v) is 8.02. The highest BCUT2D eigenvalue weighted by Crippen LogP contribution is 2.28. The maximum atomic E-state index is 13.3. The molecule has 0 heterocycles. The van der Waals surface area contributed by atoms with Gasteiger partial charge in [-0.25, -0.2) is 13.6 Å². The van der Waals surface area contributed by atoms with Crippen molar-refractivity contribution in [2.24, 2.45) is 0 Å². The van der Waals surface area contributed by atoms with Crippen molar-refractivity contribution in [2.75, 3.05) is 0 Å². The monoisotopic (exact) mass is 212 g/mol. The molecule has 0 unspecified atom stereocenters. The maximum Gasteiger partial charge on any atom is 0.339 e. The predicted molar refractivity (Wildman–Crippen MR) is 50.0 cm³/mol. The Morgan fingerprint density at radius 1 is 1.27 bits per heavy atom. The van der Waals surface area contributed by atoms with Crippen LogP contribution in [-0.2, 0) is 12.8 Å². The third-order valence-electron chi connectivity index (χ3n) is 2.76. The van der Waals surface area contributed by atoms with Crippen LogP contribution in [0.5, 0.6) is 0 Å². The molecule has 0 saturated carbocycles. The number of hydrogen-bond acceptors (Lipinski definition) is 1. The van der Waals surface area contributed by atoms with Gasteiger partial charge >= 0.3 is 5.97 Å². The molecule has 4 heteroatoms. The van der Waals surface area contributed by atoms with Gasteiger partial charge in [-0.05, 0) is 42.9 Å². The van der Waals surface area contributed by atoms with Crippen molar-refractivity contribution in [3.63, 3.8) is 0 Å². The molecule has 0 radical (unpaired) electrons. The highest BCUT2D eigenvalue weighted by atomic mass is 19.2. The minimum absolute atomic E-state index is 0.465. The molecule has 0 spiro atoms. The molecular weight excluding hydrogens is 202 g/mol. The molecule has 0 bridgehead atoms. The summed E-state index contributed by atoms with van der Waals surface area (Å²) in [5.74, 6) is -3.68. The topological polar surface area (TPSA) is 37.3 Å². The fourth-order valence-corrected chi connectivity index (χ4v) is 2.06. The van der Waals surface area contributed by atoms with Crippen LogP contribution < -0.4 is 0 Å². The summed E-state index contributed by atoms with van der Waals surface area (Å²) < 4.78 is 26.4. The molecule has 1 aliphatic rings. The molecule has 1 aromatic carbocycles. The SMILES string of the molecule is O=C(O)c1c(F)c(F)cc2c1CCCC2. The highest BCUT2D eigenvalue weighted by molar-refractivity contribution is 5.90. The number of aryl methyl sites for hydroxylation is 1. The van der Waals surface area contributed by atoms with E-state index in [1.807, 2.05) is 0 Å². The number of carboxylic acids is 1. The lowest BCUT2D eigenvalue weighted by Crippen LogP contribution is -2.14. The average molecular weight is 212 g/mol. The Hall–Kier alpha value is -1.45. The molecule has 0 atom stereocenters. The quantitative estimate of drug-likeness (QED) is 0.776. The van der Waals surface area contributed by atoms with Crippen molar-refractivity contribution in [2.45, 2.75) is 25.7 Å². The van der Waals surface area contributed by atoms with Gasteiger partial charge in [-0.2, -0.15) is 0 Å². The maximum absolute atomic E-state index is 13.3. The normalized spacial score (nSPS) is 14.8. The van der Waals surface area contributed by atoms with Crippen molar-refractivity contribution < 1.29 is 18.7 Å². The van der Waals surface area contributed by atoms with Crippen LogP contribution in [0.4, 0.5) is 8.78 Å². The molecule has 1 aliphatic carbocycles. The lowest BCUT2D eigenvalue weighted by atomic mass is 9.88. The van der Waals surface area contributed by atoms with Gasteiger partial charge in [0.25, 0.3) is 0 Å². The van der Waals surface area contributed by atoms with E-state index in [1.54, 1.807) is 0 Å². The van der Waals surface area contributed by atoms with Gasteiger partial charge in [-0.3, -0.25) is 0 Å². The number of fused-ring (bicyclic) bond motifs is 1. The van der Waals surface area contributed by atoms with Gasteiger partial charge in [0.15, 0.2) is 11.6 Å². The van der Waals surface area contributed by atoms with E-state index in [0.29, 0.717) is 24.0 Å². The third kappa shape index (κ3) is 1.60. The number of benzene rings is 1. The minimum atomic E-state index is -1.38. The Bertz CT molecular complexity index is 427. The fourth-order valence-electron chi connectivity index (χ4n) is 2.06. The number of hydrogen-bond donors (Lipinski definition) is 1. The first kappa shape index (κ1) is 10.1. The molecule has 80 valence electrons. The molecule has 0 amide bonds. The van der Waals surface area contributed by atoms with Crippen molar-refractivity contribution in [3.8, 4) is 0 Å². The van der Waals surface area contributed by atoms with Crippen molar-refractivity contribution in [3.05, 3.63) is 34.4 Å². The Labute approximate surface area is 85.5 Å². The number of carboxylic acid groups (broad SMARTS) is 1. The average Bonchev–Trinajstić information content (AvgIpc) is 2.19. The summed E-state index contributed by atoms with van der Waals surface area (Å²) in [7, 11) is 0. The zero-order chi connectivity index (χ0) is 11.0. The highest BCUT2D eigenvalue weighted by Gasteiger charge is 2.24. The van der Waals surface area contributed by atoms with Gasteiger partial charge in [0.1, 0.15) is 5.56 Å². The van der Waals surface area contributed by atoms with Crippen LogP contribution in [0.1, 0.15) is 34.3 Å². The molecule has 0 saturated heterocycles. The van der Waals surface area contributed by atoms with Gasteiger partial charge in [-0.15, -0.1) is 0 Å². The van der Waals surface area contributed by atoms with Gasteiger partial charge in [0.05, 0.1) is 0 Å². The summed E-state index contributed by atoms with van der Waals surface area (Å²) in [5.41, 5.74) is 0.620. The molecule has 15 heavy (non-hydrogen) atoms. The second-order valence-corrected chi connectivity index (χ2v) is 3.70. The Morgan fingerprint density at radius 3 is 2.60 bits per heavy atom. The molecule has 0 aromatic heterocycles. The van der Waals surface area contributed by atoms with E-state index in [4.69, 9.17) is 5.11 Å². The standard InChI is InChI=1S/C11H10F2O2/c12-8-5-6-3-1-2-4-7(6)9(10(8)13)11(14)15/h5H,1-4H2,(H,14,15). The zero-order valence-electron chi connectivity index (χ0n) is 8.02. The lowest BCUT2D eigenvalue weighted by molar-refractivity contribution is 0.0689. The van der Waals surface area contributed by atoms with E-state index in [9.17, 15) is 13.6 Å². The van der Waals surface area contributed by atoms with Crippen LogP contribution in [0.2, 0.25) is 0 Å². The van der Waals surface area contributed by atoms with Crippen LogP contribution in [0.3, 0.4) is 0 Å². The lowest BCUT2D eigenvalue weighted by Gasteiger charge is -2.18. The first-order valence-corrected chi connectivity index (χ1v) is 4.84. The van der Waals surface area contributed by atoms with E-state index in [2.05, 4.69) is 0 Å². The predicted octanol–water partition coefficient (Wildman–Crippen LogP) is 2.54.